The summed E-state index contributed by atoms with van der Waals surface area (Å²) >= 11 is 1.71. The van der Waals surface area contributed by atoms with Crippen LogP contribution in [0.2, 0.25) is 0 Å². The second kappa shape index (κ2) is 5.57. The number of anilines is 1. The van der Waals surface area contributed by atoms with Gasteiger partial charge in [-0.1, -0.05) is 30.3 Å². The number of hydrogen-bond donors (Lipinski definition) is 1. The number of rotatable bonds is 3. The smallest absolute Gasteiger partial charge is 0.390 e. The summed E-state index contributed by atoms with van der Waals surface area (Å²) in [7, 11) is 0. The van der Waals surface area contributed by atoms with Crippen LogP contribution in [-0.2, 0) is 19.4 Å². The molecule has 0 bridgehead atoms. The third kappa shape index (κ3) is 2.41. The molecule has 0 amide bonds. The SMILES string of the molecule is O=c1nc2c3c(sc2c(NCc2ccccc2)o1)CCCC3. The molecular weight excluding hydrogens is 296 g/mol. The van der Waals surface area contributed by atoms with Crippen molar-refractivity contribution < 1.29 is 4.42 Å². The van der Waals surface area contributed by atoms with Gasteiger partial charge in [-0.3, -0.25) is 0 Å². The third-order valence-corrected chi connectivity index (χ3v) is 5.32. The van der Waals surface area contributed by atoms with Gasteiger partial charge in [0.1, 0.15) is 4.70 Å². The summed E-state index contributed by atoms with van der Waals surface area (Å²) in [5.41, 5.74) is 3.24. The zero-order chi connectivity index (χ0) is 14.9. The highest BCUT2D eigenvalue weighted by Gasteiger charge is 2.20. The largest absolute Gasteiger partial charge is 0.440 e. The van der Waals surface area contributed by atoms with Crippen molar-refractivity contribution in [2.45, 2.75) is 32.2 Å². The Bertz CT molecular complexity index is 867. The van der Waals surface area contributed by atoms with E-state index in [-0.39, 0.29) is 0 Å². The summed E-state index contributed by atoms with van der Waals surface area (Å²) in [5, 5.41) is 3.26. The minimum Gasteiger partial charge on any atom is -0.390 e. The zero-order valence-electron chi connectivity index (χ0n) is 12.1. The van der Waals surface area contributed by atoms with Crippen LogP contribution < -0.4 is 11.1 Å². The van der Waals surface area contributed by atoms with E-state index in [4.69, 9.17) is 4.42 Å². The minimum absolute atomic E-state index is 0.519. The molecule has 0 atom stereocenters. The van der Waals surface area contributed by atoms with Crippen molar-refractivity contribution in [3.05, 3.63) is 56.9 Å². The van der Waals surface area contributed by atoms with Gasteiger partial charge in [-0.25, -0.2) is 4.79 Å². The normalized spacial score (nSPS) is 14.0. The second-order valence-corrected chi connectivity index (χ2v) is 6.64. The molecular formula is C17H16N2O2S. The predicted molar refractivity (Wildman–Crippen MR) is 88.6 cm³/mol. The summed E-state index contributed by atoms with van der Waals surface area (Å²) in [6.45, 7) is 0.630. The fourth-order valence-corrected chi connectivity index (χ4v) is 4.25. The lowest BCUT2D eigenvalue weighted by Gasteiger charge is -2.09. The lowest BCUT2D eigenvalue weighted by molar-refractivity contribution is 0.506. The number of thiophene rings is 1. The zero-order valence-corrected chi connectivity index (χ0v) is 12.9. The molecule has 22 heavy (non-hydrogen) atoms. The molecule has 4 rings (SSSR count). The Morgan fingerprint density at radius 2 is 2.00 bits per heavy atom. The van der Waals surface area contributed by atoms with E-state index in [0.29, 0.717) is 12.4 Å². The third-order valence-electron chi connectivity index (χ3n) is 4.04. The average Bonchev–Trinajstić information content (AvgIpc) is 2.92. The molecule has 5 heteroatoms. The molecule has 1 aliphatic rings. The number of aromatic nitrogens is 1. The quantitative estimate of drug-likeness (QED) is 0.800. The summed E-state index contributed by atoms with van der Waals surface area (Å²) in [6, 6.07) is 10.1. The molecule has 0 spiro atoms. The molecule has 1 aliphatic carbocycles. The topological polar surface area (TPSA) is 55.1 Å². The van der Waals surface area contributed by atoms with Crippen LogP contribution in [0.15, 0.2) is 39.5 Å². The van der Waals surface area contributed by atoms with Crippen molar-refractivity contribution in [1.29, 1.82) is 0 Å². The highest BCUT2D eigenvalue weighted by Crippen LogP contribution is 2.38. The van der Waals surface area contributed by atoms with Crippen LogP contribution in [0, 0.1) is 0 Å². The van der Waals surface area contributed by atoms with Gasteiger partial charge < -0.3 is 9.73 Å². The van der Waals surface area contributed by atoms with Crippen LogP contribution in [0.5, 0.6) is 0 Å². The Labute approximate surface area is 131 Å². The molecule has 0 saturated heterocycles. The maximum Gasteiger partial charge on any atom is 0.440 e. The van der Waals surface area contributed by atoms with E-state index >= 15 is 0 Å². The van der Waals surface area contributed by atoms with Crippen LogP contribution in [-0.4, -0.2) is 4.98 Å². The van der Waals surface area contributed by atoms with Gasteiger partial charge >= 0.3 is 5.76 Å². The van der Waals surface area contributed by atoms with E-state index in [1.165, 1.54) is 23.3 Å². The molecule has 0 saturated carbocycles. The first kappa shape index (κ1) is 13.5. The van der Waals surface area contributed by atoms with Gasteiger partial charge in [0, 0.05) is 11.4 Å². The molecule has 2 heterocycles. The maximum absolute atomic E-state index is 11.8. The van der Waals surface area contributed by atoms with Gasteiger partial charge in [0.05, 0.1) is 5.52 Å². The van der Waals surface area contributed by atoms with E-state index in [1.54, 1.807) is 11.3 Å². The summed E-state index contributed by atoms with van der Waals surface area (Å²) < 4.78 is 6.30. The standard InChI is InChI=1S/C17H16N2O2S/c20-17-19-14-12-8-4-5-9-13(12)22-15(14)16(21-17)18-10-11-6-2-1-3-7-11/h1-3,6-7,18H,4-5,8-10H2. The van der Waals surface area contributed by atoms with Crippen molar-refractivity contribution in [2.24, 2.45) is 0 Å². The van der Waals surface area contributed by atoms with Gasteiger partial charge in [-0.15, -0.1) is 11.3 Å². The van der Waals surface area contributed by atoms with E-state index in [1.807, 2.05) is 30.3 Å². The molecule has 0 radical (unpaired) electrons. The highest BCUT2D eigenvalue weighted by molar-refractivity contribution is 7.19. The molecule has 4 nitrogen and oxygen atoms in total. The van der Waals surface area contributed by atoms with E-state index < -0.39 is 5.76 Å². The van der Waals surface area contributed by atoms with Gasteiger partial charge in [0.25, 0.3) is 0 Å². The summed E-state index contributed by atoms with van der Waals surface area (Å²) in [4.78, 5) is 17.3. The maximum atomic E-state index is 11.8. The molecule has 0 unspecified atom stereocenters. The Kier molecular flexibility index (Phi) is 3.42. The van der Waals surface area contributed by atoms with Gasteiger partial charge in [-0.05, 0) is 36.8 Å². The Balaban J connectivity index is 1.74. The molecule has 1 aromatic carbocycles. The molecule has 0 aliphatic heterocycles. The van der Waals surface area contributed by atoms with E-state index in [2.05, 4.69) is 10.3 Å². The van der Waals surface area contributed by atoms with Crippen molar-refractivity contribution in [3.8, 4) is 0 Å². The lowest BCUT2D eigenvalue weighted by Crippen LogP contribution is -2.09. The highest BCUT2D eigenvalue weighted by atomic mass is 32.1. The fourth-order valence-electron chi connectivity index (χ4n) is 2.96. The summed E-state index contributed by atoms with van der Waals surface area (Å²) in [5.74, 6) is 0.0347. The van der Waals surface area contributed by atoms with Crippen LogP contribution >= 0.6 is 11.3 Å². The molecule has 112 valence electrons. The average molecular weight is 312 g/mol. The molecule has 2 aromatic heterocycles. The number of nitrogens with zero attached hydrogens (tertiary/aromatic N) is 1. The van der Waals surface area contributed by atoms with Crippen LogP contribution in [0.1, 0.15) is 28.8 Å². The van der Waals surface area contributed by atoms with Gasteiger partial charge in [0.15, 0.2) is 0 Å². The molecule has 3 aromatic rings. The number of nitrogens with one attached hydrogen (secondary N) is 1. The number of benzene rings is 1. The first-order valence-corrected chi connectivity index (χ1v) is 8.36. The lowest BCUT2D eigenvalue weighted by atomic mass is 9.98. The molecule has 0 fully saturated rings. The summed E-state index contributed by atoms with van der Waals surface area (Å²) in [6.07, 6.45) is 4.49. The predicted octanol–water partition coefficient (Wildman–Crippen LogP) is 3.74. The van der Waals surface area contributed by atoms with E-state index in [9.17, 15) is 4.79 Å². The van der Waals surface area contributed by atoms with Crippen molar-refractivity contribution >= 4 is 27.4 Å². The van der Waals surface area contributed by atoms with Crippen molar-refractivity contribution in [1.82, 2.24) is 4.98 Å². The monoisotopic (exact) mass is 312 g/mol. The van der Waals surface area contributed by atoms with Crippen LogP contribution in [0.4, 0.5) is 5.88 Å². The first-order chi connectivity index (χ1) is 10.8. The molecule has 1 N–H and O–H groups in total. The van der Waals surface area contributed by atoms with Crippen molar-refractivity contribution in [2.75, 3.05) is 5.32 Å². The Morgan fingerprint density at radius 3 is 2.86 bits per heavy atom. The number of fused-ring (bicyclic) bond motifs is 3. The van der Waals surface area contributed by atoms with Gasteiger partial charge in [-0.2, -0.15) is 4.98 Å². The number of hydrogen-bond acceptors (Lipinski definition) is 5. The fraction of sp³-hybridized carbons (Fsp3) is 0.294. The van der Waals surface area contributed by atoms with E-state index in [0.717, 1.165) is 28.6 Å². The second-order valence-electron chi connectivity index (χ2n) is 5.54. The van der Waals surface area contributed by atoms with Gasteiger partial charge in [0.2, 0.25) is 5.88 Å². The van der Waals surface area contributed by atoms with Crippen LogP contribution in [0.25, 0.3) is 10.2 Å². The number of aryl methyl sites for hydroxylation is 2. The van der Waals surface area contributed by atoms with Crippen molar-refractivity contribution in [3.63, 3.8) is 0 Å². The Morgan fingerprint density at radius 1 is 1.18 bits per heavy atom. The minimum atomic E-state index is -0.519. The Hall–Kier alpha value is -2.14. The first-order valence-electron chi connectivity index (χ1n) is 7.54. The van der Waals surface area contributed by atoms with Crippen LogP contribution in [0.3, 0.4) is 0 Å².